The van der Waals surface area contributed by atoms with Gasteiger partial charge in [-0.3, -0.25) is 9.10 Å². The zero-order valence-electron chi connectivity index (χ0n) is 13.7. The molecule has 1 N–H and O–H groups in total. The molecule has 0 spiro atoms. The van der Waals surface area contributed by atoms with Gasteiger partial charge in [0, 0.05) is 12.1 Å². The summed E-state index contributed by atoms with van der Waals surface area (Å²) >= 11 is 0. The summed E-state index contributed by atoms with van der Waals surface area (Å²) in [6.07, 6.45) is -2.43. The van der Waals surface area contributed by atoms with Crippen molar-refractivity contribution in [3.63, 3.8) is 0 Å². The third-order valence-corrected chi connectivity index (χ3v) is 6.17. The van der Waals surface area contributed by atoms with Crippen LogP contribution in [0.25, 0.3) is 0 Å². The first-order valence-electron chi connectivity index (χ1n) is 7.99. The van der Waals surface area contributed by atoms with E-state index in [1.54, 1.807) is 24.3 Å². The van der Waals surface area contributed by atoms with Crippen LogP contribution < -0.4 is 4.31 Å². The van der Waals surface area contributed by atoms with Crippen molar-refractivity contribution in [2.45, 2.75) is 24.5 Å². The van der Waals surface area contributed by atoms with Gasteiger partial charge in [-0.2, -0.15) is 0 Å². The highest BCUT2D eigenvalue weighted by atomic mass is 32.2. The molecule has 2 aromatic rings. The quantitative estimate of drug-likeness (QED) is 0.860. The van der Waals surface area contributed by atoms with Gasteiger partial charge in [0.25, 0.3) is 6.43 Å². The molecule has 2 aromatic carbocycles. The number of aliphatic carboxylic acids is 1. The molecule has 3 rings (SSSR count). The Morgan fingerprint density at radius 2 is 1.81 bits per heavy atom. The minimum atomic E-state index is -3.78. The van der Waals surface area contributed by atoms with Gasteiger partial charge in [0.15, 0.2) is 0 Å². The molecule has 1 unspecified atom stereocenters. The van der Waals surface area contributed by atoms with Gasteiger partial charge in [0.2, 0.25) is 10.0 Å². The molecule has 0 fully saturated rings. The molecule has 0 amide bonds. The Hall–Kier alpha value is -2.48. The van der Waals surface area contributed by atoms with Crippen molar-refractivity contribution >= 4 is 21.7 Å². The van der Waals surface area contributed by atoms with Crippen LogP contribution >= 0.6 is 0 Å². The number of fused-ring (bicyclic) bond motifs is 1. The van der Waals surface area contributed by atoms with Crippen LogP contribution in [0.5, 0.6) is 0 Å². The average Bonchev–Trinajstić information content (AvgIpc) is 2.60. The van der Waals surface area contributed by atoms with Crippen molar-refractivity contribution in [3.05, 3.63) is 65.2 Å². The number of carboxylic acid groups (broad SMARTS) is 1. The number of nitrogens with zero attached hydrogens (tertiary/aromatic N) is 1. The SMILES string of the molecule is O=C(O)C1CCN(S(=O)(=O)Cc2ccc(C(F)F)cc2)c2ccccc21. The first kappa shape index (κ1) is 18.3. The molecule has 0 saturated heterocycles. The monoisotopic (exact) mass is 381 g/mol. The lowest BCUT2D eigenvalue weighted by Crippen LogP contribution is -2.38. The highest BCUT2D eigenvalue weighted by Gasteiger charge is 2.34. The number of rotatable bonds is 5. The number of hydrogen-bond acceptors (Lipinski definition) is 3. The Kier molecular flexibility index (Phi) is 4.95. The number of sulfonamides is 1. The number of benzene rings is 2. The summed E-state index contributed by atoms with van der Waals surface area (Å²) in [6.45, 7) is 0.0609. The number of alkyl halides is 2. The minimum absolute atomic E-state index is 0.0609. The molecular formula is C18H17F2NO4S. The second-order valence-corrected chi connectivity index (χ2v) is 8.00. The van der Waals surface area contributed by atoms with Gasteiger partial charge < -0.3 is 5.11 Å². The summed E-state index contributed by atoms with van der Waals surface area (Å²) in [6, 6.07) is 11.7. The summed E-state index contributed by atoms with van der Waals surface area (Å²) in [5, 5.41) is 9.35. The molecular weight excluding hydrogens is 364 g/mol. The van der Waals surface area contributed by atoms with Crippen LogP contribution in [0.4, 0.5) is 14.5 Å². The van der Waals surface area contributed by atoms with E-state index in [2.05, 4.69) is 0 Å². The fourth-order valence-electron chi connectivity index (χ4n) is 3.12. The summed E-state index contributed by atoms with van der Waals surface area (Å²) in [5.41, 5.74) is 1.05. The molecule has 1 atom stereocenters. The lowest BCUT2D eigenvalue weighted by Gasteiger charge is -2.33. The number of carbonyl (C=O) groups is 1. The van der Waals surface area contributed by atoms with Gasteiger partial charge in [0.1, 0.15) is 0 Å². The maximum Gasteiger partial charge on any atom is 0.311 e. The fourth-order valence-corrected chi connectivity index (χ4v) is 4.74. The Morgan fingerprint density at radius 3 is 2.42 bits per heavy atom. The number of hydrogen-bond donors (Lipinski definition) is 1. The van der Waals surface area contributed by atoms with Crippen molar-refractivity contribution in [3.8, 4) is 0 Å². The van der Waals surface area contributed by atoms with Crippen LogP contribution in [-0.4, -0.2) is 26.0 Å². The van der Waals surface area contributed by atoms with E-state index in [-0.39, 0.29) is 24.3 Å². The molecule has 1 aliphatic heterocycles. The standard InChI is InChI=1S/C18H17F2NO4S/c19-17(20)13-7-5-12(6-8-13)11-26(24,25)21-10-9-15(18(22)23)14-3-1-2-4-16(14)21/h1-8,15,17H,9-11H2,(H,22,23). The van der Waals surface area contributed by atoms with Crippen molar-refractivity contribution in [2.24, 2.45) is 0 Å². The molecule has 26 heavy (non-hydrogen) atoms. The molecule has 1 heterocycles. The molecule has 1 aliphatic rings. The number of anilines is 1. The smallest absolute Gasteiger partial charge is 0.311 e. The maximum absolute atomic E-state index is 12.8. The van der Waals surface area contributed by atoms with E-state index in [0.717, 1.165) is 0 Å². The Morgan fingerprint density at radius 1 is 1.15 bits per heavy atom. The van der Waals surface area contributed by atoms with E-state index in [9.17, 15) is 27.1 Å². The number of carboxylic acids is 1. The molecule has 0 aromatic heterocycles. The van der Waals surface area contributed by atoms with Crippen LogP contribution in [0.1, 0.15) is 35.5 Å². The van der Waals surface area contributed by atoms with Gasteiger partial charge in [-0.15, -0.1) is 0 Å². The van der Waals surface area contributed by atoms with Gasteiger partial charge >= 0.3 is 5.97 Å². The number of para-hydroxylation sites is 1. The molecule has 138 valence electrons. The van der Waals surface area contributed by atoms with E-state index in [1.807, 2.05) is 0 Å². The van der Waals surface area contributed by atoms with Crippen molar-refractivity contribution in [1.29, 1.82) is 0 Å². The normalized spacial score (nSPS) is 17.2. The van der Waals surface area contributed by atoms with Crippen LogP contribution in [0.3, 0.4) is 0 Å². The van der Waals surface area contributed by atoms with Gasteiger partial charge in [-0.1, -0.05) is 42.5 Å². The van der Waals surface area contributed by atoms with Gasteiger partial charge in [-0.05, 0) is 23.6 Å². The Labute approximate surface area is 149 Å². The lowest BCUT2D eigenvalue weighted by molar-refractivity contribution is -0.139. The maximum atomic E-state index is 12.8. The molecule has 0 bridgehead atoms. The minimum Gasteiger partial charge on any atom is -0.481 e. The highest BCUT2D eigenvalue weighted by Crippen LogP contribution is 2.37. The second kappa shape index (κ2) is 7.03. The van der Waals surface area contributed by atoms with Gasteiger partial charge in [0.05, 0.1) is 17.4 Å². The molecule has 0 saturated carbocycles. The van der Waals surface area contributed by atoms with E-state index < -0.39 is 28.3 Å². The van der Waals surface area contributed by atoms with Crippen LogP contribution in [0, 0.1) is 0 Å². The predicted octanol–water partition coefficient (Wildman–Crippen LogP) is 3.53. The first-order valence-corrected chi connectivity index (χ1v) is 9.59. The third kappa shape index (κ3) is 3.55. The first-order chi connectivity index (χ1) is 12.3. The molecule has 0 radical (unpaired) electrons. The summed E-state index contributed by atoms with van der Waals surface area (Å²) in [4.78, 5) is 11.4. The Bertz CT molecular complexity index is 913. The molecule has 5 nitrogen and oxygen atoms in total. The van der Waals surface area contributed by atoms with Crippen LogP contribution in [0.2, 0.25) is 0 Å². The largest absolute Gasteiger partial charge is 0.481 e. The topological polar surface area (TPSA) is 74.7 Å². The Balaban J connectivity index is 1.90. The van der Waals surface area contributed by atoms with E-state index in [1.165, 1.54) is 28.6 Å². The summed E-state index contributed by atoms with van der Waals surface area (Å²) in [5.74, 6) is -2.08. The van der Waals surface area contributed by atoms with Crippen molar-refractivity contribution < 1.29 is 27.1 Å². The lowest BCUT2D eigenvalue weighted by atomic mass is 9.91. The average molecular weight is 381 g/mol. The number of halogens is 2. The summed E-state index contributed by atoms with van der Waals surface area (Å²) < 4.78 is 52.1. The highest BCUT2D eigenvalue weighted by molar-refractivity contribution is 7.92. The zero-order chi connectivity index (χ0) is 18.9. The van der Waals surface area contributed by atoms with E-state index >= 15 is 0 Å². The van der Waals surface area contributed by atoms with Crippen LogP contribution in [-0.2, 0) is 20.6 Å². The molecule has 0 aliphatic carbocycles. The van der Waals surface area contributed by atoms with E-state index in [0.29, 0.717) is 16.8 Å². The van der Waals surface area contributed by atoms with Crippen molar-refractivity contribution in [2.75, 3.05) is 10.8 Å². The molecule has 8 heteroatoms. The predicted molar refractivity (Wildman–Crippen MR) is 92.8 cm³/mol. The second-order valence-electron chi connectivity index (χ2n) is 6.11. The van der Waals surface area contributed by atoms with Gasteiger partial charge in [-0.25, -0.2) is 17.2 Å². The summed E-state index contributed by atoms with van der Waals surface area (Å²) in [7, 11) is -3.78. The van der Waals surface area contributed by atoms with Crippen LogP contribution in [0.15, 0.2) is 48.5 Å². The van der Waals surface area contributed by atoms with E-state index in [4.69, 9.17) is 0 Å². The fraction of sp³-hybridized carbons (Fsp3) is 0.278. The third-order valence-electron chi connectivity index (χ3n) is 4.42. The zero-order valence-corrected chi connectivity index (χ0v) is 14.5. The van der Waals surface area contributed by atoms with Crippen molar-refractivity contribution in [1.82, 2.24) is 0 Å².